The standard InChI is InChI=1S/C22H18F4N4O/c1-13-22(15-3-5-17(23)6-4-15,16-8-9-27-19(26)10-16)29-21(28-13)14-2-7-20(31)30(11-14)12-18(24)25/h2-11,13,18H,12H2,1H3,(H,28,29)/t13-,22-/m0/s1. The molecule has 0 radical (unpaired) electrons. The van der Waals surface area contributed by atoms with Gasteiger partial charge in [0, 0.05) is 24.0 Å². The van der Waals surface area contributed by atoms with Crippen LogP contribution in [0.1, 0.15) is 23.6 Å². The van der Waals surface area contributed by atoms with Crippen LogP contribution in [0.4, 0.5) is 17.6 Å². The lowest BCUT2D eigenvalue weighted by Crippen LogP contribution is -2.48. The fourth-order valence-electron chi connectivity index (χ4n) is 3.88. The van der Waals surface area contributed by atoms with Crippen molar-refractivity contribution < 1.29 is 17.6 Å². The van der Waals surface area contributed by atoms with E-state index in [-0.39, 0.29) is 0 Å². The summed E-state index contributed by atoms with van der Waals surface area (Å²) in [5, 5.41) is 3.28. The van der Waals surface area contributed by atoms with Gasteiger partial charge in [0.05, 0.1) is 12.6 Å². The van der Waals surface area contributed by atoms with Crippen LogP contribution in [0.15, 0.2) is 70.7 Å². The fourth-order valence-corrected chi connectivity index (χ4v) is 3.88. The van der Waals surface area contributed by atoms with Crippen LogP contribution in [-0.4, -0.2) is 27.9 Å². The van der Waals surface area contributed by atoms with E-state index < -0.39 is 41.9 Å². The summed E-state index contributed by atoms with van der Waals surface area (Å²) in [5.74, 6) is -0.769. The molecule has 1 aliphatic heterocycles. The van der Waals surface area contributed by atoms with Crippen molar-refractivity contribution in [2.45, 2.75) is 31.5 Å². The maximum absolute atomic E-state index is 14.0. The maximum atomic E-state index is 14.0. The molecule has 0 aliphatic carbocycles. The highest BCUT2D eigenvalue weighted by Crippen LogP contribution is 2.38. The van der Waals surface area contributed by atoms with Crippen molar-refractivity contribution in [1.29, 1.82) is 0 Å². The number of nitrogens with zero attached hydrogens (tertiary/aromatic N) is 3. The summed E-state index contributed by atoms with van der Waals surface area (Å²) in [6.07, 6.45) is -0.0602. The van der Waals surface area contributed by atoms with Crippen LogP contribution in [0.3, 0.4) is 0 Å². The molecular weight excluding hydrogens is 412 g/mol. The lowest BCUT2D eigenvalue weighted by Gasteiger charge is -2.35. The Morgan fingerprint density at radius 1 is 1.10 bits per heavy atom. The minimum atomic E-state index is -2.69. The zero-order valence-corrected chi connectivity index (χ0v) is 16.4. The second-order valence-electron chi connectivity index (χ2n) is 7.26. The quantitative estimate of drug-likeness (QED) is 0.498. The van der Waals surface area contributed by atoms with Crippen molar-refractivity contribution in [2.75, 3.05) is 0 Å². The van der Waals surface area contributed by atoms with E-state index in [9.17, 15) is 22.4 Å². The molecule has 0 fully saturated rings. The molecule has 2 atom stereocenters. The third-order valence-electron chi connectivity index (χ3n) is 5.34. The molecule has 160 valence electrons. The van der Waals surface area contributed by atoms with Gasteiger partial charge in [0.25, 0.3) is 12.0 Å². The number of amidine groups is 1. The van der Waals surface area contributed by atoms with Gasteiger partial charge in [-0.15, -0.1) is 0 Å². The molecule has 1 aromatic carbocycles. The summed E-state index contributed by atoms with van der Waals surface area (Å²) in [5.41, 5.74) is -0.0519. The first-order chi connectivity index (χ1) is 14.8. The lowest BCUT2D eigenvalue weighted by molar-refractivity contribution is 0.125. The average molecular weight is 430 g/mol. The number of aliphatic imine (C=N–C) groups is 1. The summed E-state index contributed by atoms with van der Waals surface area (Å²) >= 11 is 0. The zero-order chi connectivity index (χ0) is 22.2. The van der Waals surface area contributed by atoms with Crippen molar-refractivity contribution in [3.63, 3.8) is 0 Å². The molecule has 0 unspecified atom stereocenters. The second kappa shape index (κ2) is 7.98. The summed E-state index contributed by atoms with van der Waals surface area (Å²) in [6, 6.07) is 10.8. The fraction of sp³-hybridized carbons (Fsp3) is 0.227. The van der Waals surface area contributed by atoms with Gasteiger partial charge in [0.2, 0.25) is 5.95 Å². The van der Waals surface area contributed by atoms with Crippen molar-refractivity contribution in [1.82, 2.24) is 14.9 Å². The van der Waals surface area contributed by atoms with Gasteiger partial charge >= 0.3 is 0 Å². The van der Waals surface area contributed by atoms with E-state index in [1.807, 2.05) is 0 Å². The van der Waals surface area contributed by atoms with Crippen LogP contribution < -0.4 is 10.9 Å². The third kappa shape index (κ3) is 3.83. The minimum absolute atomic E-state index is 0.345. The Morgan fingerprint density at radius 2 is 1.84 bits per heavy atom. The highest BCUT2D eigenvalue weighted by molar-refractivity contribution is 6.01. The van der Waals surface area contributed by atoms with Crippen LogP contribution in [0.2, 0.25) is 0 Å². The number of hydrogen-bond donors (Lipinski definition) is 1. The van der Waals surface area contributed by atoms with Crippen molar-refractivity contribution in [3.8, 4) is 0 Å². The van der Waals surface area contributed by atoms with E-state index in [0.29, 0.717) is 22.5 Å². The Labute approximate surface area is 175 Å². The molecular formula is C22H18F4N4O. The second-order valence-corrected chi connectivity index (χ2v) is 7.26. The first kappa shape index (κ1) is 20.8. The molecule has 5 nitrogen and oxygen atoms in total. The Hall–Kier alpha value is -3.49. The average Bonchev–Trinajstić information content (AvgIpc) is 3.08. The molecule has 0 saturated carbocycles. The van der Waals surface area contributed by atoms with Gasteiger partial charge in [-0.3, -0.25) is 9.79 Å². The number of aromatic nitrogens is 2. The minimum Gasteiger partial charge on any atom is -0.354 e. The predicted octanol–water partition coefficient (Wildman–Crippen LogP) is 3.47. The van der Waals surface area contributed by atoms with Gasteiger partial charge in [-0.25, -0.2) is 18.2 Å². The largest absolute Gasteiger partial charge is 0.354 e. The van der Waals surface area contributed by atoms with Crippen LogP contribution in [0.25, 0.3) is 0 Å². The number of halogens is 4. The van der Waals surface area contributed by atoms with Gasteiger partial charge in [0.15, 0.2) is 0 Å². The third-order valence-corrected chi connectivity index (χ3v) is 5.34. The lowest BCUT2D eigenvalue weighted by atomic mass is 9.78. The first-order valence-electron chi connectivity index (χ1n) is 9.52. The molecule has 9 heteroatoms. The molecule has 31 heavy (non-hydrogen) atoms. The summed E-state index contributed by atoms with van der Waals surface area (Å²) < 4.78 is 54.1. The van der Waals surface area contributed by atoms with Gasteiger partial charge < -0.3 is 9.88 Å². The molecule has 0 saturated heterocycles. The van der Waals surface area contributed by atoms with Crippen molar-refractivity contribution in [3.05, 3.63) is 99.7 Å². The topological polar surface area (TPSA) is 59.3 Å². The van der Waals surface area contributed by atoms with E-state index in [1.54, 1.807) is 25.1 Å². The van der Waals surface area contributed by atoms with Gasteiger partial charge in [0.1, 0.15) is 17.2 Å². The number of pyridine rings is 2. The molecule has 0 bridgehead atoms. The Balaban J connectivity index is 1.81. The highest BCUT2D eigenvalue weighted by atomic mass is 19.3. The van der Waals surface area contributed by atoms with Crippen LogP contribution in [0.5, 0.6) is 0 Å². The number of nitrogens with one attached hydrogen (secondary N) is 1. The molecule has 0 amide bonds. The van der Waals surface area contributed by atoms with Crippen LogP contribution in [0, 0.1) is 11.8 Å². The first-order valence-corrected chi connectivity index (χ1v) is 9.52. The van der Waals surface area contributed by atoms with E-state index in [2.05, 4.69) is 15.3 Å². The Kier molecular flexibility index (Phi) is 5.34. The zero-order valence-electron chi connectivity index (χ0n) is 16.4. The Bertz CT molecular complexity index is 1190. The number of hydrogen-bond acceptors (Lipinski definition) is 4. The molecule has 2 aromatic heterocycles. The van der Waals surface area contributed by atoms with Gasteiger partial charge in [-0.2, -0.15) is 4.39 Å². The molecule has 1 N–H and O–H groups in total. The summed E-state index contributed by atoms with van der Waals surface area (Å²) in [4.78, 5) is 20.1. The molecule has 0 spiro atoms. The SMILES string of the molecule is C[C@@H]1N=C(c2ccc(=O)n(CC(F)F)c2)N[C@@]1(c1ccc(F)cc1)c1ccnc(F)c1. The maximum Gasteiger partial charge on any atom is 0.256 e. The summed E-state index contributed by atoms with van der Waals surface area (Å²) in [6.45, 7) is 1.06. The van der Waals surface area contributed by atoms with Crippen molar-refractivity contribution >= 4 is 5.84 Å². The van der Waals surface area contributed by atoms with Gasteiger partial charge in [-0.1, -0.05) is 12.1 Å². The molecule has 4 rings (SSSR count). The van der Waals surface area contributed by atoms with Crippen molar-refractivity contribution in [2.24, 2.45) is 4.99 Å². The number of rotatable bonds is 5. The molecule has 1 aliphatic rings. The monoisotopic (exact) mass is 430 g/mol. The van der Waals surface area contributed by atoms with E-state index in [1.165, 1.54) is 42.7 Å². The number of benzene rings is 1. The normalized spacial score (nSPS) is 20.6. The molecule has 3 aromatic rings. The summed E-state index contributed by atoms with van der Waals surface area (Å²) in [7, 11) is 0. The Morgan fingerprint density at radius 3 is 2.52 bits per heavy atom. The highest BCUT2D eigenvalue weighted by Gasteiger charge is 2.45. The van der Waals surface area contributed by atoms with E-state index in [4.69, 9.17) is 0 Å². The van der Waals surface area contributed by atoms with Crippen LogP contribution in [-0.2, 0) is 12.1 Å². The van der Waals surface area contributed by atoms with Gasteiger partial charge in [-0.05, 0) is 48.4 Å². The van der Waals surface area contributed by atoms with E-state index >= 15 is 0 Å². The predicted molar refractivity (Wildman–Crippen MR) is 107 cm³/mol. The number of alkyl halides is 2. The smallest absolute Gasteiger partial charge is 0.256 e. The molecule has 3 heterocycles. The van der Waals surface area contributed by atoms with Crippen LogP contribution >= 0.6 is 0 Å². The van der Waals surface area contributed by atoms with E-state index in [0.717, 1.165) is 4.57 Å².